The van der Waals surface area contributed by atoms with Crippen LogP contribution in [0.5, 0.6) is 0 Å². The monoisotopic (exact) mass is 700 g/mol. The van der Waals surface area contributed by atoms with E-state index in [0.717, 1.165) is 19.3 Å². The number of benzene rings is 8. The highest BCUT2D eigenvalue weighted by Crippen LogP contribution is 2.44. The molecule has 0 radical (unpaired) electrons. The Hall–Kier alpha value is -6.90. The Morgan fingerprint density at radius 1 is 0.364 bits per heavy atom. The van der Waals surface area contributed by atoms with E-state index in [4.69, 9.17) is 0 Å². The lowest BCUT2D eigenvalue weighted by Gasteiger charge is -2.23. The van der Waals surface area contributed by atoms with Gasteiger partial charge < -0.3 is 9.13 Å². The molecule has 2 aromatic heterocycles. The number of rotatable bonds is 4. The molecule has 0 bridgehead atoms. The lowest BCUT2D eigenvalue weighted by atomic mass is 9.82. The van der Waals surface area contributed by atoms with E-state index in [0.29, 0.717) is 0 Å². The first-order chi connectivity index (χ1) is 27.3. The fraction of sp³-hybridized carbons (Fsp3) is 0.0566. The van der Waals surface area contributed by atoms with Gasteiger partial charge in [-0.25, -0.2) is 0 Å². The molecular formula is C53H36N2. The number of fused-ring (bicyclic) bond motifs is 9. The Morgan fingerprint density at radius 2 is 1.02 bits per heavy atom. The first-order valence-corrected chi connectivity index (χ1v) is 19.5. The second-order valence-electron chi connectivity index (χ2n) is 15.2. The van der Waals surface area contributed by atoms with Crippen LogP contribution in [0.1, 0.15) is 24.0 Å². The molecule has 0 N–H and O–H groups in total. The van der Waals surface area contributed by atoms with E-state index in [1.54, 1.807) is 0 Å². The van der Waals surface area contributed by atoms with Crippen molar-refractivity contribution in [1.29, 1.82) is 0 Å². The van der Waals surface area contributed by atoms with Crippen LogP contribution in [0.15, 0.2) is 170 Å². The van der Waals surface area contributed by atoms with Crippen LogP contribution in [0.2, 0.25) is 0 Å². The smallest absolute Gasteiger partial charge is 0.0550 e. The molecule has 0 unspecified atom stereocenters. The number of para-hydroxylation sites is 1. The van der Waals surface area contributed by atoms with E-state index >= 15 is 0 Å². The Kier molecular flexibility index (Phi) is 6.55. The molecule has 0 aliphatic heterocycles. The van der Waals surface area contributed by atoms with E-state index in [1.165, 1.54) is 110 Å². The van der Waals surface area contributed by atoms with Crippen molar-refractivity contribution >= 4 is 55.6 Å². The van der Waals surface area contributed by atoms with Crippen molar-refractivity contribution in [3.63, 3.8) is 0 Å². The standard InChI is InChI=1S/C53H36N2/c1-4-13-34(14-5-1)36-24-27-49-46(30-36)47-31-37(35-15-6-2-7-16-35)25-28-50(47)55(49)41-26-23-38-29-39-32-51-53(44-21-12-20-42(52(39)44)45(38)33-41)43-19-10-11-22-48(43)54(51)40-17-8-3-9-18-40/h1-9,12-28,30-33H,10-11,29H2. The molecule has 0 atom stereocenters. The lowest BCUT2D eigenvalue weighted by Crippen LogP contribution is -2.30. The molecule has 8 aromatic carbocycles. The minimum atomic E-state index is 0.908. The van der Waals surface area contributed by atoms with Crippen LogP contribution in [0, 0.1) is 0 Å². The van der Waals surface area contributed by atoms with Crippen LogP contribution in [-0.4, -0.2) is 9.13 Å². The molecule has 0 saturated heterocycles. The van der Waals surface area contributed by atoms with Crippen molar-refractivity contribution in [2.45, 2.75) is 19.3 Å². The summed E-state index contributed by atoms with van der Waals surface area (Å²) in [5.74, 6) is 0. The van der Waals surface area contributed by atoms with Crippen molar-refractivity contribution < 1.29 is 0 Å². The third kappa shape index (κ3) is 4.55. The van der Waals surface area contributed by atoms with Gasteiger partial charge >= 0.3 is 0 Å². The molecule has 0 spiro atoms. The van der Waals surface area contributed by atoms with Gasteiger partial charge in [0.25, 0.3) is 0 Å². The lowest BCUT2D eigenvalue weighted by molar-refractivity contribution is 1.02. The molecule has 2 aliphatic carbocycles. The topological polar surface area (TPSA) is 9.86 Å². The molecule has 2 aliphatic rings. The number of aromatic nitrogens is 2. The number of nitrogens with zero attached hydrogens (tertiary/aromatic N) is 2. The third-order valence-electron chi connectivity index (χ3n) is 12.1. The van der Waals surface area contributed by atoms with Gasteiger partial charge in [-0.05, 0) is 129 Å². The second kappa shape index (κ2) is 11.8. The Bertz CT molecular complexity index is 3210. The zero-order valence-corrected chi connectivity index (χ0v) is 30.3. The molecule has 0 saturated carbocycles. The van der Waals surface area contributed by atoms with E-state index in [1.807, 2.05) is 0 Å². The second-order valence-corrected chi connectivity index (χ2v) is 15.2. The van der Waals surface area contributed by atoms with Crippen molar-refractivity contribution in [3.05, 3.63) is 192 Å². The highest BCUT2D eigenvalue weighted by atomic mass is 15.0. The average molecular weight is 701 g/mol. The predicted octanol–water partition coefficient (Wildman–Crippen LogP) is 12.1. The Morgan fingerprint density at radius 3 is 1.71 bits per heavy atom. The van der Waals surface area contributed by atoms with Gasteiger partial charge in [0.15, 0.2) is 0 Å². The SMILES string of the molecule is C1=c2c(n(-c3ccccc3)c3cc4c5c(cccc5c23)-c2cc(-n3c5ccc(-c6ccccc6)cc5c5cc(-c6ccccc6)ccc53)ccc2C4)=CCC1. The maximum absolute atomic E-state index is 2.50. The van der Waals surface area contributed by atoms with E-state index in [-0.39, 0.29) is 0 Å². The van der Waals surface area contributed by atoms with Gasteiger partial charge in [0, 0.05) is 38.1 Å². The molecule has 2 nitrogen and oxygen atoms in total. The predicted molar refractivity (Wildman–Crippen MR) is 232 cm³/mol. The van der Waals surface area contributed by atoms with Gasteiger partial charge in [-0.3, -0.25) is 0 Å². The fourth-order valence-electron chi connectivity index (χ4n) is 9.70. The van der Waals surface area contributed by atoms with Gasteiger partial charge in [0.05, 0.1) is 16.6 Å². The summed E-state index contributed by atoms with van der Waals surface area (Å²) < 4.78 is 4.98. The Balaban J connectivity index is 1.09. The van der Waals surface area contributed by atoms with E-state index < -0.39 is 0 Å². The molecular weight excluding hydrogens is 665 g/mol. The first-order valence-electron chi connectivity index (χ1n) is 19.5. The van der Waals surface area contributed by atoms with Crippen molar-refractivity contribution in [1.82, 2.24) is 9.13 Å². The van der Waals surface area contributed by atoms with Crippen LogP contribution >= 0.6 is 0 Å². The first kappa shape index (κ1) is 30.6. The normalized spacial score (nSPS) is 13.2. The molecule has 0 fully saturated rings. The van der Waals surface area contributed by atoms with Crippen molar-refractivity contribution in [3.8, 4) is 44.8 Å². The summed E-state index contributed by atoms with van der Waals surface area (Å²) in [6.45, 7) is 0. The molecule has 2 heteroatoms. The van der Waals surface area contributed by atoms with Crippen LogP contribution < -0.4 is 10.6 Å². The van der Waals surface area contributed by atoms with Gasteiger partial charge in [0.2, 0.25) is 0 Å². The molecule has 258 valence electrons. The molecule has 10 aromatic rings. The largest absolute Gasteiger partial charge is 0.310 e. The quantitative estimate of drug-likeness (QED) is 0.173. The molecule has 2 heterocycles. The summed E-state index contributed by atoms with van der Waals surface area (Å²) in [4.78, 5) is 0. The number of hydrogen-bond donors (Lipinski definition) is 0. The van der Waals surface area contributed by atoms with Gasteiger partial charge in [-0.2, -0.15) is 0 Å². The maximum atomic E-state index is 2.50. The van der Waals surface area contributed by atoms with Gasteiger partial charge in [0.1, 0.15) is 0 Å². The highest BCUT2D eigenvalue weighted by molar-refractivity contribution is 6.16. The van der Waals surface area contributed by atoms with Crippen molar-refractivity contribution in [2.75, 3.05) is 0 Å². The van der Waals surface area contributed by atoms with E-state index in [2.05, 4.69) is 191 Å². The summed E-state index contributed by atoms with van der Waals surface area (Å²) in [6.07, 6.45) is 7.97. The summed E-state index contributed by atoms with van der Waals surface area (Å²) in [5.41, 5.74) is 16.5. The van der Waals surface area contributed by atoms with Crippen LogP contribution in [0.25, 0.3) is 100 Å². The van der Waals surface area contributed by atoms with Crippen molar-refractivity contribution in [2.24, 2.45) is 0 Å². The van der Waals surface area contributed by atoms with E-state index in [9.17, 15) is 0 Å². The minimum Gasteiger partial charge on any atom is -0.310 e. The summed E-state index contributed by atoms with van der Waals surface area (Å²) >= 11 is 0. The third-order valence-corrected chi connectivity index (χ3v) is 12.1. The molecule has 55 heavy (non-hydrogen) atoms. The van der Waals surface area contributed by atoms with Gasteiger partial charge in [-0.1, -0.05) is 127 Å². The van der Waals surface area contributed by atoms with Crippen LogP contribution in [0.4, 0.5) is 0 Å². The summed E-state index contributed by atoms with van der Waals surface area (Å²) in [6, 6.07) is 63.0. The fourth-order valence-corrected chi connectivity index (χ4v) is 9.70. The van der Waals surface area contributed by atoms with Crippen LogP contribution in [0.3, 0.4) is 0 Å². The van der Waals surface area contributed by atoms with Crippen LogP contribution in [-0.2, 0) is 6.42 Å². The molecule has 12 rings (SSSR count). The summed E-state index contributed by atoms with van der Waals surface area (Å²) in [7, 11) is 0. The average Bonchev–Trinajstić information content (AvgIpc) is 3.76. The number of hydrogen-bond acceptors (Lipinski definition) is 0. The highest BCUT2D eigenvalue weighted by Gasteiger charge is 2.24. The molecule has 0 amide bonds. The summed E-state index contributed by atoms with van der Waals surface area (Å²) in [5, 5.41) is 9.37. The zero-order chi connectivity index (χ0) is 36.0. The Labute approximate surface area is 319 Å². The minimum absolute atomic E-state index is 0.908. The zero-order valence-electron chi connectivity index (χ0n) is 30.3. The maximum Gasteiger partial charge on any atom is 0.0550 e. The van der Waals surface area contributed by atoms with Gasteiger partial charge in [-0.15, -0.1) is 0 Å².